The van der Waals surface area contributed by atoms with E-state index in [1.54, 1.807) is 0 Å². The largest absolute Gasteiger partial charge is 0.477 e. The third-order valence-electron chi connectivity index (χ3n) is 17.4. The third-order valence-corrected chi connectivity index (χ3v) is 17.4. The fraction of sp³-hybridized carbons (Fsp3) is 0.907. The second kappa shape index (κ2) is 34.2. The van der Waals surface area contributed by atoms with Crippen LogP contribution in [0.15, 0.2) is 0 Å². The van der Waals surface area contributed by atoms with Gasteiger partial charge >= 0.3 is 5.97 Å². The van der Waals surface area contributed by atoms with Crippen LogP contribution in [0.5, 0.6) is 0 Å². The fourth-order valence-corrected chi connectivity index (χ4v) is 12.4. The van der Waals surface area contributed by atoms with Gasteiger partial charge in [-0.3, -0.25) is 19.2 Å². The van der Waals surface area contributed by atoms with E-state index in [0.29, 0.717) is 0 Å². The summed E-state index contributed by atoms with van der Waals surface area (Å²) in [6.45, 7) is -1.82. The number of nitrogens with one attached hydrogen (secondary N) is 4. The number of aliphatic hydroxyl groups excluding tert-OH is 19. The van der Waals surface area contributed by atoms with Crippen LogP contribution < -0.4 is 21.3 Å². The van der Waals surface area contributed by atoms with Crippen LogP contribution in [0.25, 0.3) is 0 Å². The minimum absolute atomic E-state index is 0.576. The zero-order valence-electron chi connectivity index (χ0n) is 52.2. The lowest BCUT2D eigenvalue weighted by atomic mass is 9.88. The van der Waals surface area contributed by atoms with Gasteiger partial charge in [0.15, 0.2) is 31.5 Å². The van der Waals surface area contributed by atoms with Gasteiger partial charge in [-0.15, -0.1) is 0 Å². The summed E-state index contributed by atoms with van der Waals surface area (Å²) in [6, 6.07) is -6.41. The Bertz CT molecular complexity index is 2540. The van der Waals surface area contributed by atoms with Crippen LogP contribution in [0.3, 0.4) is 0 Å². The maximum atomic E-state index is 12.9. The van der Waals surface area contributed by atoms with Crippen molar-refractivity contribution in [2.45, 2.75) is 261 Å². The Morgan fingerprint density at radius 2 is 0.812 bits per heavy atom. The van der Waals surface area contributed by atoms with Crippen molar-refractivity contribution in [1.82, 2.24) is 21.3 Å². The van der Waals surface area contributed by atoms with Crippen molar-refractivity contribution in [3.05, 3.63) is 0 Å². The monoisotopic (exact) mass is 1400 g/mol. The first kappa shape index (κ1) is 79.4. The average molecular weight is 1400 g/mol. The van der Waals surface area contributed by atoms with E-state index in [2.05, 4.69) is 21.3 Å². The molecule has 7 aliphatic heterocycles. The van der Waals surface area contributed by atoms with Crippen molar-refractivity contribution < 1.29 is 188 Å². The zero-order chi connectivity index (χ0) is 71.3. The molecular formula is C54H90N4O38. The lowest BCUT2D eigenvalue weighted by molar-refractivity contribution is -0.395. The predicted molar refractivity (Wildman–Crippen MR) is 299 cm³/mol. The van der Waals surface area contributed by atoms with Crippen molar-refractivity contribution in [2.24, 2.45) is 0 Å². The van der Waals surface area contributed by atoms with Crippen LogP contribution in [-0.4, -0.2) is 398 Å². The highest BCUT2D eigenvalue weighted by atomic mass is 16.8. The van der Waals surface area contributed by atoms with Gasteiger partial charge in [-0.05, 0) is 6.92 Å². The SMILES string of the molecule is CC(=O)N[C@H]1C(O)[C@H](O[C@@H]2OC(CO[C@]3(C(=O)O)C[C@@H](O)[C@@H](NC(C)=O)C([C@H](O)[C@H](O)CO)O3)[C@H](O)C(O)[C@@H]2O)C(CO)O[C@H]1OC1C(O)[C@H](O)[C@@H](CO)O[C@@H]1O[C@@H]1C(O)[C@H](O[C@@H]2C(CO)O[C@@H](O[C@@H]3C(CO)O[C@@H](C)[C@@H](NC(C)=O)C3O)[C@@H](NC(C)=O)C2O)OC(CO)[C@H]1O. The number of aliphatic hydroxyl groups is 19. The van der Waals surface area contributed by atoms with Gasteiger partial charge in [-0.2, -0.15) is 0 Å². The molecule has 7 aliphatic rings. The number of rotatable bonds is 26. The highest BCUT2D eigenvalue weighted by Gasteiger charge is 2.61. The normalized spacial score (nSPS) is 46.0. The number of carbonyl (C=O) groups excluding carboxylic acids is 4. The lowest BCUT2D eigenvalue weighted by Crippen LogP contribution is -2.70. The molecule has 4 amide bonds. The van der Waals surface area contributed by atoms with E-state index in [-0.39, 0.29) is 0 Å². The Labute approximate surface area is 544 Å². The van der Waals surface area contributed by atoms with E-state index >= 15 is 0 Å². The maximum absolute atomic E-state index is 12.9. The Balaban J connectivity index is 1.10. The van der Waals surface area contributed by atoms with Crippen molar-refractivity contribution in [2.75, 3.05) is 46.2 Å². The predicted octanol–water partition coefficient (Wildman–Crippen LogP) is -15.4. The molecule has 42 nitrogen and oxygen atoms in total. The van der Waals surface area contributed by atoms with Crippen LogP contribution in [0, 0.1) is 0 Å². The number of hydrogen-bond acceptors (Lipinski definition) is 37. The van der Waals surface area contributed by atoms with Crippen LogP contribution in [0.1, 0.15) is 41.0 Å². The zero-order valence-corrected chi connectivity index (χ0v) is 52.2. The maximum Gasteiger partial charge on any atom is 0.364 e. The molecule has 0 aliphatic carbocycles. The second-order valence-electron chi connectivity index (χ2n) is 24.3. The molecule has 13 unspecified atom stereocenters. The summed E-state index contributed by atoms with van der Waals surface area (Å²) in [6.07, 6.45) is -62.6. The van der Waals surface area contributed by atoms with Gasteiger partial charge in [-0.1, -0.05) is 0 Å². The number of hydrogen-bond donors (Lipinski definition) is 24. The molecule has 0 aromatic rings. The van der Waals surface area contributed by atoms with E-state index in [9.17, 15) is 126 Å². The molecule has 0 radical (unpaired) electrons. The molecule has 554 valence electrons. The Hall–Kier alpha value is -3.93. The second-order valence-corrected chi connectivity index (χ2v) is 24.3. The Kier molecular flexibility index (Phi) is 28.2. The van der Waals surface area contributed by atoms with Gasteiger partial charge in [0.25, 0.3) is 5.79 Å². The number of carbonyl (C=O) groups is 5. The first-order chi connectivity index (χ1) is 45.2. The molecule has 0 saturated carbocycles. The molecule has 7 rings (SSSR count). The van der Waals surface area contributed by atoms with Gasteiger partial charge < -0.3 is 185 Å². The Morgan fingerprint density at radius 1 is 0.427 bits per heavy atom. The standard InChI is InChI=1S/C54H90N4O38/c1-14-27(55-15(2)65)35(75)42(23(10-62)85-14)91-48-29(57-17(4)67)36(76)44(25(12-64)88-48)93-51-41(81)46(34(74)22(9-61)86-51)94-52-47(39(79)32(72)21(8-60)87-52)95-49-30(58-18(5)68)37(77)43(24(11-63)89-49)92-50-40(80)38(78)33(73)26(90-50)13-84-54(53(82)83)6-19(69)28(56-16(3)66)45(96-54)31(71)20(70)7-59/h14,19-52,59-64,69-81H,6-13H2,1-5H3,(H,55,65)(H,56,66)(H,57,67)(H,58,68)(H,82,83)/t14-,19+,20+,21+,22?,23?,24?,25?,26?,27+,28+,29-,30-,31+,32+,33-,34+,35?,36?,37?,38?,39?,40-,41?,42+,43+,44+,45?,46-,47?,48-,49-,50-,51-,52+,54+/m0/s1. The number of ether oxygens (including phenoxy) is 13. The molecule has 0 aromatic carbocycles. The third kappa shape index (κ3) is 17.5. The van der Waals surface area contributed by atoms with Crippen LogP contribution in [0.2, 0.25) is 0 Å². The van der Waals surface area contributed by atoms with Crippen molar-refractivity contribution in [1.29, 1.82) is 0 Å². The molecule has 7 fully saturated rings. The summed E-state index contributed by atoms with van der Waals surface area (Å²) in [5.74, 6) is -8.18. The summed E-state index contributed by atoms with van der Waals surface area (Å²) in [7, 11) is 0. The molecule has 0 bridgehead atoms. The highest BCUT2D eigenvalue weighted by molar-refractivity contribution is 5.77. The molecule has 0 spiro atoms. The number of aliphatic carboxylic acids is 1. The van der Waals surface area contributed by atoms with Crippen molar-refractivity contribution >= 4 is 29.6 Å². The quantitative estimate of drug-likeness (QED) is 0.0382. The minimum Gasteiger partial charge on any atom is -0.477 e. The molecule has 96 heavy (non-hydrogen) atoms. The Morgan fingerprint density at radius 3 is 1.29 bits per heavy atom. The van der Waals surface area contributed by atoms with E-state index in [4.69, 9.17) is 61.6 Å². The average Bonchev–Trinajstić information content (AvgIpc) is 0.776. The number of amides is 4. The van der Waals surface area contributed by atoms with E-state index in [0.717, 1.165) is 27.7 Å². The first-order valence-corrected chi connectivity index (χ1v) is 30.6. The minimum atomic E-state index is -3.03. The lowest BCUT2D eigenvalue weighted by Gasteiger charge is -2.51. The summed E-state index contributed by atoms with van der Waals surface area (Å²) in [5, 5.41) is 229. The summed E-state index contributed by atoms with van der Waals surface area (Å²) >= 11 is 0. The number of carboxylic acids is 1. The van der Waals surface area contributed by atoms with E-state index in [1.165, 1.54) is 6.92 Å². The number of carboxylic acid groups (broad SMARTS) is 1. The van der Waals surface area contributed by atoms with Crippen LogP contribution in [-0.2, 0) is 85.6 Å². The van der Waals surface area contributed by atoms with Gasteiger partial charge in [0.2, 0.25) is 23.6 Å². The van der Waals surface area contributed by atoms with E-state index in [1.807, 2.05) is 0 Å². The molecule has 24 N–H and O–H groups in total. The fourth-order valence-electron chi connectivity index (χ4n) is 12.4. The van der Waals surface area contributed by atoms with Gasteiger partial charge in [-0.25, -0.2) is 4.79 Å². The first-order valence-electron chi connectivity index (χ1n) is 30.6. The van der Waals surface area contributed by atoms with Gasteiger partial charge in [0.05, 0.1) is 70.5 Å². The molecular weight excluding hydrogens is 1310 g/mol. The molecule has 7 heterocycles. The molecule has 7 saturated heterocycles. The van der Waals surface area contributed by atoms with Gasteiger partial charge in [0.1, 0.15) is 159 Å². The molecule has 0 aromatic heterocycles. The topological polar surface area (TPSA) is 658 Å². The van der Waals surface area contributed by atoms with E-state index < -0.39 is 302 Å². The van der Waals surface area contributed by atoms with Crippen LogP contribution >= 0.6 is 0 Å². The van der Waals surface area contributed by atoms with Crippen molar-refractivity contribution in [3.63, 3.8) is 0 Å². The smallest absolute Gasteiger partial charge is 0.364 e. The van der Waals surface area contributed by atoms with Crippen molar-refractivity contribution in [3.8, 4) is 0 Å². The van der Waals surface area contributed by atoms with Crippen LogP contribution in [0.4, 0.5) is 0 Å². The summed E-state index contributed by atoms with van der Waals surface area (Å²) in [4.78, 5) is 62.5. The molecule has 42 heteroatoms. The summed E-state index contributed by atoms with van der Waals surface area (Å²) < 4.78 is 76.1. The summed E-state index contributed by atoms with van der Waals surface area (Å²) in [5.41, 5.74) is 0. The highest BCUT2D eigenvalue weighted by Crippen LogP contribution is 2.39. The molecule has 36 atom stereocenters. The van der Waals surface area contributed by atoms with Gasteiger partial charge in [0, 0.05) is 34.1 Å².